The van der Waals surface area contributed by atoms with Crippen LogP contribution in [0.1, 0.15) is 26.3 Å². The van der Waals surface area contributed by atoms with Crippen molar-refractivity contribution in [3.05, 3.63) is 35.9 Å². The van der Waals surface area contributed by atoms with Crippen LogP contribution in [0.3, 0.4) is 0 Å². The Hall–Kier alpha value is -1.48. The van der Waals surface area contributed by atoms with Gasteiger partial charge in [-0.05, 0) is 30.7 Å². The fraction of sp³-hybridized carbons (Fsp3) is 0.467. The van der Waals surface area contributed by atoms with E-state index in [1.165, 1.54) is 0 Å². The average Bonchev–Trinajstić information content (AvgIpc) is 2.34. The van der Waals surface area contributed by atoms with Gasteiger partial charge in [-0.2, -0.15) is 0 Å². The molecule has 1 rings (SSSR count). The minimum absolute atomic E-state index is 0.435. The van der Waals surface area contributed by atoms with Crippen molar-refractivity contribution in [3.63, 3.8) is 0 Å². The highest BCUT2D eigenvalue weighted by Crippen LogP contribution is 2.24. The molecule has 1 N–H and O–H groups in total. The van der Waals surface area contributed by atoms with E-state index in [2.05, 4.69) is 25.7 Å². The molecule has 0 bridgehead atoms. The zero-order chi connectivity index (χ0) is 13.5. The summed E-state index contributed by atoms with van der Waals surface area (Å²) in [4.78, 5) is 0. The topological polar surface area (TPSA) is 30.5 Å². The van der Waals surface area contributed by atoms with Crippen molar-refractivity contribution in [2.45, 2.75) is 33.4 Å². The minimum atomic E-state index is 0.435. The Kier molecular flexibility index (Phi) is 5.72. The Bertz CT molecular complexity index is 399. The smallest absolute Gasteiger partial charge is 0.124 e. The van der Waals surface area contributed by atoms with E-state index in [1.807, 2.05) is 25.1 Å². The summed E-state index contributed by atoms with van der Waals surface area (Å²) >= 11 is 0. The SMILES string of the molecule is C=C(C)COc1ccc(OC)cc1CNC(C)C. The average molecular weight is 249 g/mol. The predicted molar refractivity (Wildman–Crippen MR) is 75.3 cm³/mol. The first-order valence-corrected chi connectivity index (χ1v) is 6.20. The van der Waals surface area contributed by atoms with Crippen LogP contribution in [-0.4, -0.2) is 19.8 Å². The van der Waals surface area contributed by atoms with Crippen LogP contribution >= 0.6 is 0 Å². The molecule has 0 spiro atoms. The molecule has 0 amide bonds. The molecule has 0 saturated carbocycles. The number of hydrogen-bond acceptors (Lipinski definition) is 3. The second-order valence-electron chi connectivity index (χ2n) is 4.76. The Labute approximate surface area is 110 Å². The lowest BCUT2D eigenvalue weighted by Gasteiger charge is -2.15. The van der Waals surface area contributed by atoms with E-state index in [1.54, 1.807) is 7.11 Å². The van der Waals surface area contributed by atoms with Crippen LogP contribution in [0, 0.1) is 0 Å². The van der Waals surface area contributed by atoms with Crippen LogP contribution in [0.25, 0.3) is 0 Å². The lowest BCUT2D eigenvalue weighted by atomic mass is 10.1. The zero-order valence-electron chi connectivity index (χ0n) is 11.7. The van der Waals surface area contributed by atoms with Gasteiger partial charge in [-0.25, -0.2) is 0 Å². The van der Waals surface area contributed by atoms with Crippen molar-refractivity contribution in [3.8, 4) is 11.5 Å². The monoisotopic (exact) mass is 249 g/mol. The number of hydrogen-bond donors (Lipinski definition) is 1. The molecule has 100 valence electrons. The van der Waals surface area contributed by atoms with E-state index < -0.39 is 0 Å². The fourth-order valence-corrected chi connectivity index (χ4v) is 1.48. The summed E-state index contributed by atoms with van der Waals surface area (Å²) in [6, 6.07) is 6.29. The van der Waals surface area contributed by atoms with Crippen LogP contribution in [0.5, 0.6) is 11.5 Å². The van der Waals surface area contributed by atoms with Gasteiger partial charge in [0.1, 0.15) is 18.1 Å². The highest BCUT2D eigenvalue weighted by atomic mass is 16.5. The number of benzene rings is 1. The predicted octanol–water partition coefficient (Wildman–Crippen LogP) is 3.15. The van der Waals surface area contributed by atoms with Crippen LogP contribution in [0.4, 0.5) is 0 Å². The molecule has 18 heavy (non-hydrogen) atoms. The van der Waals surface area contributed by atoms with Gasteiger partial charge in [-0.1, -0.05) is 20.4 Å². The van der Waals surface area contributed by atoms with Gasteiger partial charge in [0.25, 0.3) is 0 Å². The molecule has 0 unspecified atom stereocenters. The van der Waals surface area contributed by atoms with Crippen LogP contribution < -0.4 is 14.8 Å². The minimum Gasteiger partial charge on any atom is -0.497 e. The standard InChI is InChI=1S/C15H23NO2/c1-11(2)10-18-15-7-6-14(17-5)8-13(15)9-16-12(3)4/h6-8,12,16H,1,9-10H2,2-5H3. The fourth-order valence-electron chi connectivity index (χ4n) is 1.48. The molecule has 0 atom stereocenters. The van der Waals surface area contributed by atoms with E-state index in [4.69, 9.17) is 9.47 Å². The van der Waals surface area contributed by atoms with Gasteiger partial charge in [0.15, 0.2) is 0 Å². The maximum absolute atomic E-state index is 5.74. The molecule has 0 aliphatic heterocycles. The molecule has 0 saturated heterocycles. The van der Waals surface area contributed by atoms with Crippen molar-refractivity contribution < 1.29 is 9.47 Å². The maximum atomic E-state index is 5.74. The molecule has 3 heteroatoms. The Morgan fingerprint density at radius 3 is 2.67 bits per heavy atom. The van der Waals surface area contributed by atoms with Crippen LogP contribution in [-0.2, 0) is 6.54 Å². The van der Waals surface area contributed by atoms with Crippen molar-refractivity contribution in [1.29, 1.82) is 0 Å². The van der Waals surface area contributed by atoms with Crippen molar-refractivity contribution >= 4 is 0 Å². The quantitative estimate of drug-likeness (QED) is 0.753. The molecule has 1 aromatic carbocycles. The van der Waals surface area contributed by atoms with Gasteiger partial charge >= 0.3 is 0 Å². The van der Waals surface area contributed by atoms with Crippen LogP contribution in [0.15, 0.2) is 30.4 Å². The van der Waals surface area contributed by atoms with E-state index in [0.29, 0.717) is 12.6 Å². The van der Waals surface area contributed by atoms with E-state index in [-0.39, 0.29) is 0 Å². The summed E-state index contributed by atoms with van der Waals surface area (Å²) in [6.45, 7) is 11.3. The first-order chi connectivity index (χ1) is 8.52. The molecule has 0 aliphatic rings. The third-order valence-electron chi connectivity index (χ3n) is 2.44. The van der Waals surface area contributed by atoms with Gasteiger partial charge in [0.05, 0.1) is 7.11 Å². The van der Waals surface area contributed by atoms with Crippen molar-refractivity contribution in [2.24, 2.45) is 0 Å². The lowest BCUT2D eigenvalue weighted by Crippen LogP contribution is -2.22. The summed E-state index contributed by atoms with van der Waals surface area (Å²) in [5.41, 5.74) is 2.11. The molecular weight excluding hydrogens is 226 g/mol. The van der Waals surface area contributed by atoms with Gasteiger partial charge in [0.2, 0.25) is 0 Å². The number of rotatable bonds is 7. The molecular formula is C15H23NO2. The number of methoxy groups -OCH3 is 1. The maximum Gasteiger partial charge on any atom is 0.124 e. The van der Waals surface area contributed by atoms with Gasteiger partial charge in [0, 0.05) is 18.2 Å². The Balaban J connectivity index is 2.82. The second-order valence-corrected chi connectivity index (χ2v) is 4.76. The molecule has 0 radical (unpaired) electrons. The van der Waals surface area contributed by atoms with Gasteiger partial charge in [-0.15, -0.1) is 0 Å². The zero-order valence-corrected chi connectivity index (χ0v) is 11.7. The third-order valence-corrected chi connectivity index (χ3v) is 2.44. The normalized spacial score (nSPS) is 10.5. The lowest BCUT2D eigenvalue weighted by molar-refractivity contribution is 0.345. The van der Waals surface area contributed by atoms with Gasteiger partial charge < -0.3 is 14.8 Å². The second kappa shape index (κ2) is 7.07. The van der Waals surface area contributed by atoms with E-state index in [0.717, 1.165) is 29.2 Å². The Morgan fingerprint density at radius 1 is 1.39 bits per heavy atom. The van der Waals surface area contributed by atoms with Crippen molar-refractivity contribution in [2.75, 3.05) is 13.7 Å². The van der Waals surface area contributed by atoms with Crippen molar-refractivity contribution in [1.82, 2.24) is 5.32 Å². The van der Waals surface area contributed by atoms with Gasteiger partial charge in [-0.3, -0.25) is 0 Å². The van der Waals surface area contributed by atoms with Crippen LogP contribution in [0.2, 0.25) is 0 Å². The molecule has 3 nitrogen and oxygen atoms in total. The first kappa shape index (κ1) is 14.6. The van der Waals surface area contributed by atoms with E-state index in [9.17, 15) is 0 Å². The molecule has 0 heterocycles. The summed E-state index contributed by atoms with van der Waals surface area (Å²) in [7, 11) is 1.67. The summed E-state index contributed by atoms with van der Waals surface area (Å²) in [6.07, 6.45) is 0. The molecule has 0 aromatic heterocycles. The summed E-state index contributed by atoms with van der Waals surface area (Å²) in [5.74, 6) is 1.73. The Morgan fingerprint density at radius 2 is 2.11 bits per heavy atom. The first-order valence-electron chi connectivity index (χ1n) is 6.20. The third kappa shape index (κ3) is 4.80. The number of ether oxygens (including phenoxy) is 2. The highest BCUT2D eigenvalue weighted by Gasteiger charge is 2.06. The summed E-state index contributed by atoms with van der Waals surface area (Å²) < 4.78 is 11.0. The molecule has 1 aromatic rings. The van der Waals surface area contributed by atoms with E-state index >= 15 is 0 Å². The summed E-state index contributed by atoms with van der Waals surface area (Å²) in [5, 5.41) is 3.38. The highest BCUT2D eigenvalue weighted by molar-refractivity contribution is 5.40. The number of nitrogens with one attached hydrogen (secondary N) is 1. The molecule has 0 fully saturated rings. The molecule has 0 aliphatic carbocycles. The largest absolute Gasteiger partial charge is 0.497 e.